The van der Waals surface area contributed by atoms with Gasteiger partial charge in [0.1, 0.15) is 12.6 Å². The Kier molecular flexibility index (Phi) is 4.12. The summed E-state index contributed by atoms with van der Waals surface area (Å²) in [6, 6.07) is 14.4. The highest BCUT2D eigenvalue weighted by Gasteiger charge is 2.38. The monoisotopic (exact) mass is 391 g/mol. The number of hydrogen-bond donors (Lipinski definition) is 1. The zero-order valence-corrected chi connectivity index (χ0v) is 15.5. The van der Waals surface area contributed by atoms with Crippen LogP contribution in [0, 0.1) is 0 Å². The summed E-state index contributed by atoms with van der Waals surface area (Å²) < 4.78 is 18.3. The van der Waals surface area contributed by atoms with Gasteiger partial charge in [-0.15, -0.1) is 0 Å². The molecule has 146 valence electrons. The molecule has 1 atom stereocenters. The number of aromatic nitrogens is 4. The molecule has 1 aromatic heterocycles. The second-order valence-electron chi connectivity index (χ2n) is 6.66. The first-order valence-electron chi connectivity index (χ1n) is 9.07. The molecule has 0 saturated carbocycles. The molecule has 1 N–H and O–H groups in total. The van der Waals surface area contributed by atoms with E-state index in [4.69, 9.17) is 14.2 Å². The molecular formula is C20H17N5O4. The van der Waals surface area contributed by atoms with Crippen LogP contribution < -0.4 is 14.8 Å². The van der Waals surface area contributed by atoms with Crippen LogP contribution in [0.3, 0.4) is 0 Å². The van der Waals surface area contributed by atoms with Crippen molar-refractivity contribution in [2.75, 3.05) is 12.1 Å². The summed E-state index contributed by atoms with van der Waals surface area (Å²) in [7, 11) is 0. The van der Waals surface area contributed by atoms with Crippen LogP contribution in [0.2, 0.25) is 0 Å². The van der Waals surface area contributed by atoms with Gasteiger partial charge in [-0.2, -0.15) is 4.68 Å². The van der Waals surface area contributed by atoms with Gasteiger partial charge >= 0.3 is 5.97 Å². The largest absolute Gasteiger partial charge is 0.457 e. The summed E-state index contributed by atoms with van der Waals surface area (Å²) in [6.45, 7) is 2.08. The number of carbonyl (C=O) groups excluding carboxylic acids is 1. The maximum Gasteiger partial charge on any atom is 0.338 e. The number of nitrogens with zero attached hydrogens (tertiary/aromatic N) is 4. The summed E-state index contributed by atoms with van der Waals surface area (Å²) >= 11 is 0. The first-order valence-corrected chi connectivity index (χ1v) is 9.07. The molecule has 0 aliphatic carbocycles. The van der Waals surface area contributed by atoms with Crippen LogP contribution in [0.5, 0.6) is 11.5 Å². The molecule has 0 spiro atoms. The number of hydrogen-bond acceptors (Lipinski definition) is 8. The lowest BCUT2D eigenvalue weighted by Crippen LogP contribution is -2.29. The standard InChI is InChI=1S/C20H17N5O4/c1-12-16(19(26)27-10-13-6-3-2-4-7-13)17(25-20(21-12)22-23-24-25)14-8-5-9-15-18(14)29-11-28-15/h2-9,17H,10-11H2,1H3,(H,21,22,24). The maximum atomic E-state index is 13.1. The molecule has 2 aliphatic heterocycles. The Hall–Kier alpha value is -3.88. The van der Waals surface area contributed by atoms with Gasteiger partial charge in [0.15, 0.2) is 11.5 Å². The molecule has 0 bridgehead atoms. The summed E-state index contributed by atoms with van der Waals surface area (Å²) in [4.78, 5) is 13.1. The zero-order chi connectivity index (χ0) is 19.8. The van der Waals surface area contributed by atoms with Crippen molar-refractivity contribution >= 4 is 11.9 Å². The zero-order valence-electron chi connectivity index (χ0n) is 15.5. The Balaban J connectivity index is 1.54. The molecule has 3 heterocycles. The minimum atomic E-state index is -0.610. The Morgan fingerprint density at radius 3 is 2.93 bits per heavy atom. The number of esters is 1. The lowest BCUT2D eigenvalue weighted by Gasteiger charge is -2.27. The molecule has 0 radical (unpaired) electrons. The van der Waals surface area contributed by atoms with Crippen molar-refractivity contribution in [2.24, 2.45) is 0 Å². The van der Waals surface area contributed by atoms with Crippen molar-refractivity contribution in [1.82, 2.24) is 20.2 Å². The van der Waals surface area contributed by atoms with E-state index < -0.39 is 12.0 Å². The van der Waals surface area contributed by atoms with Crippen molar-refractivity contribution in [2.45, 2.75) is 19.6 Å². The SMILES string of the molecule is CC1=C(C(=O)OCc2ccccc2)C(c2cccc3c2OCO3)n2nnnc2N1. The van der Waals surface area contributed by atoms with E-state index in [2.05, 4.69) is 20.8 Å². The van der Waals surface area contributed by atoms with Crippen LogP contribution in [0.15, 0.2) is 59.8 Å². The molecule has 2 aliphatic rings. The highest BCUT2D eigenvalue weighted by molar-refractivity contribution is 5.92. The van der Waals surface area contributed by atoms with E-state index in [0.717, 1.165) is 11.1 Å². The third-order valence-electron chi connectivity index (χ3n) is 4.87. The van der Waals surface area contributed by atoms with E-state index in [1.165, 1.54) is 0 Å². The average Bonchev–Trinajstić information content (AvgIpc) is 3.40. The van der Waals surface area contributed by atoms with Gasteiger partial charge < -0.3 is 19.5 Å². The summed E-state index contributed by atoms with van der Waals surface area (Å²) in [5.74, 6) is 1.16. The second kappa shape index (κ2) is 6.93. The van der Waals surface area contributed by atoms with Gasteiger partial charge in [-0.05, 0) is 29.0 Å². The van der Waals surface area contributed by atoms with E-state index in [-0.39, 0.29) is 13.4 Å². The molecule has 3 aromatic rings. The van der Waals surface area contributed by atoms with Crippen molar-refractivity contribution < 1.29 is 19.0 Å². The van der Waals surface area contributed by atoms with Crippen LogP contribution in [0.25, 0.3) is 0 Å². The highest BCUT2D eigenvalue weighted by Crippen LogP contribution is 2.44. The fourth-order valence-corrected chi connectivity index (χ4v) is 3.53. The highest BCUT2D eigenvalue weighted by atomic mass is 16.7. The van der Waals surface area contributed by atoms with Crippen molar-refractivity contribution in [3.63, 3.8) is 0 Å². The quantitative estimate of drug-likeness (QED) is 0.677. The summed E-state index contributed by atoms with van der Waals surface area (Å²) in [5.41, 5.74) is 2.65. The minimum absolute atomic E-state index is 0.121. The molecule has 9 heteroatoms. The average molecular weight is 391 g/mol. The van der Waals surface area contributed by atoms with Gasteiger partial charge in [0.2, 0.25) is 12.7 Å². The number of para-hydroxylation sites is 1. The Morgan fingerprint density at radius 2 is 2.07 bits per heavy atom. The van der Waals surface area contributed by atoms with Crippen molar-refractivity contribution in [1.29, 1.82) is 0 Å². The van der Waals surface area contributed by atoms with E-state index in [0.29, 0.717) is 28.7 Å². The number of benzene rings is 2. The van der Waals surface area contributed by atoms with Gasteiger partial charge in [0.05, 0.1) is 5.57 Å². The van der Waals surface area contributed by atoms with Crippen molar-refractivity contribution in [3.05, 3.63) is 70.9 Å². The number of nitrogens with one attached hydrogen (secondary N) is 1. The van der Waals surface area contributed by atoms with Gasteiger partial charge in [-0.3, -0.25) is 0 Å². The number of tetrazole rings is 1. The molecule has 29 heavy (non-hydrogen) atoms. The van der Waals surface area contributed by atoms with Crippen LogP contribution in [-0.4, -0.2) is 33.0 Å². The smallest absolute Gasteiger partial charge is 0.338 e. The van der Waals surface area contributed by atoms with E-state index >= 15 is 0 Å². The summed E-state index contributed by atoms with van der Waals surface area (Å²) in [6.07, 6.45) is 0. The molecule has 1 unspecified atom stereocenters. The Bertz CT molecular complexity index is 1110. The third-order valence-corrected chi connectivity index (χ3v) is 4.87. The number of rotatable bonds is 4. The number of anilines is 1. The molecule has 0 fully saturated rings. The molecule has 0 amide bonds. The Labute approximate surface area is 165 Å². The van der Waals surface area contributed by atoms with Crippen molar-refractivity contribution in [3.8, 4) is 11.5 Å². The van der Waals surface area contributed by atoms with E-state index in [1.54, 1.807) is 11.6 Å². The first kappa shape index (κ1) is 17.2. The predicted octanol–water partition coefficient (Wildman–Crippen LogP) is 2.43. The lowest BCUT2D eigenvalue weighted by molar-refractivity contribution is -0.140. The van der Waals surface area contributed by atoms with Crippen LogP contribution in [0.4, 0.5) is 5.95 Å². The number of ether oxygens (including phenoxy) is 3. The lowest BCUT2D eigenvalue weighted by atomic mass is 9.94. The number of fused-ring (bicyclic) bond motifs is 2. The van der Waals surface area contributed by atoms with E-state index in [9.17, 15) is 4.79 Å². The van der Waals surface area contributed by atoms with Crippen LogP contribution in [-0.2, 0) is 16.1 Å². The summed E-state index contributed by atoms with van der Waals surface area (Å²) in [5, 5.41) is 14.9. The molecule has 0 saturated heterocycles. The van der Waals surface area contributed by atoms with E-state index in [1.807, 2.05) is 48.5 Å². The number of allylic oxidation sites excluding steroid dienone is 1. The fourth-order valence-electron chi connectivity index (χ4n) is 3.53. The van der Waals surface area contributed by atoms with Gasteiger partial charge in [-0.25, -0.2) is 4.79 Å². The van der Waals surface area contributed by atoms with Gasteiger partial charge in [-0.1, -0.05) is 47.6 Å². The number of carbonyl (C=O) groups is 1. The van der Waals surface area contributed by atoms with Gasteiger partial charge in [0.25, 0.3) is 0 Å². The van der Waals surface area contributed by atoms with Crippen LogP contribution in [0.1, 0.15) is 24.1 Å². The minimum Gasteiger partial charge on any atom is -0.457 e. The third kappa shape index (κ3) is 2.96. The molecule has 5 rings (SSSR count). The maximum absolute atomic E-state index is 13.1. The van der Waals surface area contributed by atoms with Gasteiger partial charge in [0, 0.05) is 11.3 Å². The fraction of sp³-hybridized carbons (Fsp3) is 0.200. The second-order valence-corrected chi connectivity index (χ2v) is 6.66. The normalized spacial score (nSPS) is 16.9. The van der Waals surface area contributed by atoms with Crippen LogP contribution >= 0.6 is 0 Å². The topological polar surface area (TPSA) is 100 Å². The molecule has 9 nitrogen and oxygen atoms in total. The Morgan fingerprint density at radius 1 is 1.21 bits per heavy atom. The molecule has 2 aromatic carbocycles. The first-order chi connectivity index (χ1) is 14.2. The molecular weight excluding hydrogens is 374 g/mol. The predicted molar refractivity (Wildman–Crippen MR) is 101 cm³/mol.